The molecule has 20 heavy (non-hydrogen) atoms. The van der Waals surface area contributed by atoms with Gasteiger partial charge in [0.15, 0.2) is 5.78 Å². The Kier molecular flexibility index (Phi) is 5.95. The molecule has 0 saturated carbocycles. The fraction of sp³-hybridized carbons (Fsp3) is 0.857. The molecule has 1 atom stereocenters. The van der Waals surface area contributed by atoms with Crippen LogP contribution in [-0.4, -0.2) is 60.7 Å². The van der Waals surface area contributed by atoms with E-state index in [-0.39, 0.29) is 11.8 Å². The highest BCUT2D eigenvalue weighted by atomic mass is 16.7. The van der Waals surface area contributed by atoms with E-state index < -0.39 is 11.7 Å². The summed E-state index contributed by atoms with van der Waals surface area (Å²) >= 11 is 0. The highest BCUT2D eigenvalue weighted by molar-refractivity contribution is 5.88. The summed E-state index contributed by atoms with van der Waals surface area (Å²) < 4.78 is 5.35. The van der Waals surface area contributed by atoms with Crippen LogP contribution in [0.5, 0.6) is 0 Å². The molecule has 1 aliphatic rings. The van der Waals surface area contributed by atoms with Crippen molar-refractivity contribution in [1.82, 2.24) is 9.96 Å². The van der Waals surface area contributed by atoms with E-state index in [1.807, 2.05) is 20.8 Å². The number of rotatable bonds is 5. The summed E-state index contributed by atoms with van der Waals surface area (Å²) in [5, 5.41) is 1.60. The number of likely N-dealkylation sites (tertiary alicyclic amines) is 1. The molecule has 116 valence electrons. The molecule has 0 bridgehead atoms. The zero-order valence-corrected chi connectivity index (χ0v) is 13.1. The van der Waals surface area contributed by atoms with Gasteiger partial charge >= 0.3 is 6.09 Å². The van der Waals surface area contributed by atoms with Crippen molar-refractivity contribution in [3.05, 3.63) is 0 Å². The van der Waals surface area contributed by atoms with Crippen LogP contribution in [0.4, 0.5) is 4.79 Å². The fourth-order valence-electron chi connectivity index (χ4n) is 2.17. The summed E-state index contributed by atoms with van der Waals surface area (Å²) in [5.74, 6) is 0.0669. The molecular weight excluding hydrogens is 260 g/mol. The molecule has 1 unspecified atom stereocenters. The number of ether oxygens (including phenoxy) is 1. The Morgan fingerprint density at radius 3 is 2.55 bits per heavy atom. The summed E-state index contributed by atoms with van der Waals surface area (Å²) in [6.45, 7) is 6.58. The SMILES string of the molecule is CON(C)CCC(=O)C1CCCN1C(=O)OC(C)(C)C. The lowest BCUT2D eigenvalue weighted by molar-refractivity contribution is -0.131. The minimum Gasteiger partial charge on any atom is -0.444 e. The van der Waals surface area contributed by atoms with Crippen LogP contribution in [-0.2, 0) is 14.4 Å². The third-order valence-corrected chi connectivity index (χ3v) is 3.24. The van der Waals surface area contributed by atoms with Crippen LogP contribution in [0, 0.1) is 0 Å². The molecular formula is C14H26N2O4. The zero-order chi connectivity index (χ0) is 15.3. The van der Waals surface area contributed by atoms with Gasteiger partial charge in [-0.2, -0.15) is 5.06 Å². The Labute approximate surface area is 121 Å². The first kappa shape index (κ1) is 16.9. The minimum absolute atomic E-state index is 0.0669. The van der Waals surface area contributed by atoms with Gasteiger partial charge < -0.3 is 9.57 Å². The van der Waals surface area contributed by atoms with Crippen LogP contribution >= 0.6 is 0 Å². The van der Waals surface area contributed by atoms with E-state index in [1.54, 1.807) is 24.1 Å². The molecule has 6 nitrogen and oxygen atoms in total. The number of nitrogens with zero attached hydrogens (tertiary/aromatic N) is 2. The van der Waals surface area contributed by atoms with Crippen molar-refractivity contribution >= 4 is 11.9 Å². The van der Waals surface area contributed by atoms with Crippen molar-refractivity contribution in [2.45, 2.75) is 51.7 Å². The first-order valence-corrected chi connectivity index (χ1v) is 7.02. The number of amides is 1. The largest absolute Gasteiger partial charge is 0.444 e. The lowest BCUT2D eigenvalue weighted by Crippen LogP contribution is -2.43. The number of hydrogen-bond donors (Lipinski definition) is 0. The van der Waals surface area contributed by atoms with E-state index in [1.165, 1.54) is 0 Å². The first-order chi connectivity index (χ1) is 9.24. The summed E-state index contributed by atoms with van der Waals surface area (Å²) in [7, 11) is 3.33. The van der Waals surface area contributed by atoms with Gasteiger partial charge in [-0.05, 0) is 33.6 Å². The van der Waals surface area contributed by atoms with Gasteiger partial charge in [-0.3, -0.25) is 9.69 Å². The van der Waals surface area contributed by atoms with E-state index in [0.29, 0.717) is 19.5 Å². The van der Waals surface area contributed by atoms with Crippen LogP contribution in [0.2, 0.25) is 0 Å². The normalized spacial score (nSPS) is 19.5. The molecule has 0 aromatic carbocycles. The average Bonchev–Trinajstić information content (AvgIpc) is 2.82. The Hall–Kier alpha value is -1.14. The second kappa shape index (κ2) is 7.04. The number of hydrogen-bond acceptors (Lipinski definition) is 5. The second-order valence-corrected chi connectivity index (χ2v) is 6.08. The van der Waals surface area contributed by atoms with E-state index >= 15 is 0 Å². The molecule has 1 amide bonds. The Morgan fingerprint density at radius 2 is 2.00 bits per heavy atom. The van der Waals surface area contributed by atoms with E-state index in [2.05, 4.69) is 0 Å². The Morgan fingerprint density at radius 1 is 1.35 bits per heavy atom. The molecule has 1 aliphatic heterocycles. The van der Waals surface area contributed by atoms with Gasteiger partial charge in [0.05, 0.1) is 13.2 Å². The topological polar surface area (TPSA) is 59.1 Å². The molecule has 1 fully saturated rings. The molecule has 0 N–H and O–H groups in total. The number of Topliss-reactive ketones (excluding diaryl/α,β-unsaturated/α-hetero) is 1. The third-order valence-electron chi connectivity index (χ3n) is 3.24. The monoisotopic (exact) mass is 286 g/mol. The molecule has 1 saturated heterocycles. The predicted molar refractivity (Wildman–Crippen MR) is 75.2 cm³/mol. The lowest BCUT2D eigenvalue weighted by Gasteiger charge is -2.28. The van der Waals surface area contributed by atoms with E-state index in [4.69, 9.17) is 9.57 Å². The highest BCUT2D eigenvalue weighted by Gasteiger charge is 2.36. The standard InChI is InChI=1S/C14H26N2O4/c1-14(2,3)20-13(18)16-9-6-7-11(16)12(17)8-10-15(4)19-5/h11H,6-10H2,1-5H3. The Balaban J connectivity index is 2.56. The van der Waals surface area contributed by atoms with Crippen LogP contribution in [0.1, 0.15) is 40.0 Å². The molecule has 1 rings (SSSR count). The molecule has 0 aromatic heterocycles. The third kappa shape index (κ3) is 5.09. The van der Waals surface area contributed by atoms with Gasteiger partial charge in [0, 0.05) is 26.6 Å². The summed E-state index contributed by atoms with van der Waals surface area (Å²) in [6.07, 6.45) is 1.53. The predicted octanol–water partition coefficient (Wildman–Crippen LogP) is 1.84. The van der Waals surface area contributed by atoms with Gasteiger partial charge in [-0.1, -0.05) is 0 Å². The summed E-state index contributed by atoms with van der Waals surface area (Å²) in [6, 6.07) is -0.352. The molecule has 0 aliphatic carbocycles. The molecule has 6 heteroatoms. The van der Waals surface area contributed by atoms with Gasteiger partial charge in [0.1, 0.15) is 5.60 Å². The second-order valence-electron chi connectivity index (χ2n) is 6.08. The highest BCUT2D eigenvalue weighted by Crippen LogP contribution is 2.22. The van der Waals surface area contributed by atoms with Gasteiger partial charge in [-0.25, -0.2) is 4.79 Å². The van der Waals surface area contributed by atoms with Crippen molar-refractivity contribution in [2.75, 3.05) is 27.2 Å². The number of carbonyl (C=O) groups excluding carboxylic acids is 2. The van der Waals surface area contributed by atoms with Gasteiger partial charge in [0.2, 0.25) is 0 Å². The maximum atomic E-state index is 12.2. The zero-order valence-electron chi connectivity index (χ0n) is 13.1. The van der Waals surface area contributed by atoms with Gasteiger partial charge in [0.25, 0.3) is 0 Å². The van der Waals surface area contributed by atoms with Crippen molar-refractivity contribution in [3.63, 3.8) is 0 Å². The number of ketones is 1. The van der Waals surface area contributed by atoms with Crippen molar-refractivity contribution in [3.8, 4) is 0 Å². The van der Waals surface area contributed by atoms with E-state index in [0.717, 1.165) is 12.8 Å². The molecule has 0 spiro atoms. The smallest absolute Gasteiger partial charge is 0.410 e. The van der Waals surface area contributed by atoms with Crippen molar-refractivity contribution < 1.29 is 19.2 Å². The van der Waals surface area contributed by atoms with Crippen molar-refractivity contribution in [1.29, 1.82) is 0 Å². The summed E-state index contributed by atoms with van der Waals surface area (Å²) in [4.78, 5) is 30.8. The fourth-order valence-corrected chi connectivity index (χ4v) is 2.17. The number of carbonyl (C=O) groups is 2. The van der Waals surface area contributed by atoms with Crippen molar-refractivity contribution in [2.24, 2.45) is 0 Å². The Bertz CT molecular complexity index is 352. The average molecular weight is 286 g/mol. The minimum atomic E-state index is -0.538. The van der Waals surface area contributed by atoms with E-state index in [9.17, 15) is 9.59 Å². The van der Waals surface area contributed by atoms with Crippen LogP contribution in [0.3, 0.4) is 0 Å². The molecule has 1 heterocycles. The maximum Gasteiger partial charge on any atom is 0.410 e. The lowest BCUT2D eigenvalue weighted by atomic mass is 10.1. The molecule has 0 aromatic rings. The van der Waals surface area contributed by atoms with Crippen LogP contribution in [0.25, 0.3) is 0 Å². The quantitative estimate of drug-likeness (QED) is 0.722. The molecule has 0 radical (unpaired) electrons. The summed E-state index contributed by atoms with van der Waals surface area (Å²) in [5.41, 5.74) is -0.538. The van der Waals surface area contributed by atoms with Crippen LogP contribution in [0.15, 0.2) is 0 Å². The first-order valence-electron chi connectivity index (χ1n) is 7.02. The van der Waals surface area contributed by atoms with Gasteiger partial charge in [-0.15, -0.1) is 0 Å². The number of hydroxylamine groups is 2. The maximum absolute atomic E-state index is 12.2. The van der Waals surface area contributed by atoms with Crippen LogP contribution < -0.4 is 0 Å².